The molecule has 0 saturated heterocycles. The number of nitrogens with zero attached hydrogens (tertiary/aromatic N) is 3. The Kier molecular flexibility index (Phi) is 3.99. The number of nitrogens with one attached hydrogen (secondary N) is 1. The van der Waals surface area contributed by atoms with Crippen molar-refractivity contribution in [1.29, 1.82) is 0 Å². The minimum atomic E-state index is -0.198. The van der Waals surface area contributed by atoms with Gasteiger partial charge in [0.05, 0.1) is 11.4 Å². The van der Waals surface area contributed by atoms with Gasteiger partial charge < -0.3 is 5.32 Å². The van der Waals surface area contributed by atoms with Crippen molar-refractivity contribution in [3.05, 3.63) is 39.8 Å². The molecule has 0 atom stereocenters. The molecular weight excluding hydrogens is 308 g/mol. The van der Waals surface area contributed by atoms with Crippen LogP contribution >= 0.6 is 15.9 Å². The lowest BCUT2D eigenvalue weighted by Gasteiger charge is -2.07. The molecule has 0 aliphatic carbocycles. The fourth-order valence-corrected chi connectivity index (χ4v) is 1.98. The van der Waals surface area contributed by atoms with Crippen LogP contribution in [0.5, 0.6) is 0 Å². The molecule has 5 nitrogen and oxygen atoms in total. The van der Waals surface area contributed by atoms with Crippen LogP contribution in [0.3, 0.4) is 0 Å². The molecule has 2 aromatic rings. The minimum Gasteiger partial charge on any atom is -0.305 e. The van der Waals surface area contributed by atoms with Crippen molar-refractivity contribution < 1.29 is 4.79 Å². The van der Waals surface area contributed by atoms with Gasteiger partial charge in [0.2, 0.25) is 0 Å². The van der Waals surface area contributed by atoms with Crippen LogP contribution in [0.25, 0.3) is 0 Å². The summed E-state index contributed by atoms with van der Waals surface area (Å²) in [5.74, 6) is 0.337. The smallest absolute Gasteiger partial charge is 0.275 e. The number of pyridine rings is 1. The molecule has 0 bridgehead atoms. The van der Waals surface area contributed by atoms with Crippen LogP contribution in [0.1, 0.15) is 28.8 Å². The predicted molar refractivity (Wildman–Crippen MR) is 77.3 cm³/mol. The first-order valence-electron chi connectivity index (χ1n) is 6.00. The Labute approximate surface area is 120 Å². The van der Waals surface area contributed by atoms with Gasteiger partial charge in [-0.25, -0.2) is 4.98 Å². The molecule has 19 heavy (non-hydrogen) atoms. The summed E-state index contributed by atoms with van der Waals surface area (Å²) < 4.78 is 2.59. The first kappa shape index (κ1) is 13.7. The van der Waals surface area contributed by atoms with Gasteiger partial charge in [0.15, 0.2) is 0 Å². The Morgan fingerprint density at radius 1 is 1.42 bits per heavy atom. The van der Waals surface area contributed by atoms with Crippen LogP contribution in [-0.2, 0) is 6.54 Å². The molecule has 0 spiro atoms. The van der Waals surface area contributed by atoms with Gasteiger partial charge in [0, 0.05) is 11.0 Å². The number of aromatic nitrogens is 3. The standard InChI is InChI=1S/C13H15BrN4O/c1-4-18-11(7-8(2)17-18)13(19)16-12-6-5-10(14)9(3)15-12/h5-7H,4H2,1-3H3,(H,15,16,19). The molecule has 2 heterocycles. The van der Waals surface area contributed by atoms with E-state index < -0.39 is 0 Å². The molecule has 0 fully saturated rings. The third kappa shape index (κ3) is 3.01. The van der Waals surface area contributed by atoms with Crippen molar-refractivity contribution in [1.82, 2.24) is 14.8 Å². The van der Waals surface area contributed by atoms with Gasteiger partial charge in [-0.2, -0.15) is 5.10 Å². The maximum Gasteiger partial charge on any atom is 0.275 e. The number of amides is 1. The van der Waals surface area contributed by atoms with Crippen molar-refractivity contribution in [3.8, 4) is 0 Å². The van der Waals surface area contributed by atoms with Crippen LogP contribution < -0.4 is 5.32 Å². The van der Waals surface area contributed by atoms with E-state index in [0.717, 1.165) is 15.9 Å². The van der Waals surface area contributed by atoms with Crippen LogP contribution in [0.2, 0.25) is 0 Å². The summed E-state index contributed by atoms with van der Waals surface area (Å²) in [5, 5.41) is 7.03. The normalized spacial score (nSPS) is 10.5. The highest BCUT2D eigenvalue weighted by Gasteiger charge is 2.14. The van der Waals surface area contributed by atoms with E-state index in [1.807, 2.05) is 26.8 Å². The first-order valence-corrected chi connectivity index (χ1v) is 6.79. The molecule has 0 aliphatic heterocycles. The van der Waals surface area contributed by atoms with E-state index in [9.17, 15) is 4.79 Å². The number of carbonyl (C=O) groups excluding carboxylic acids is 1. The van der Waals surface area contributed by atoms with Gasteiger partial charge in [-0.1, -0.05) is 0 Å². The molecule has 0 aliphatic rings. The Bertz CT molecular complexity index is 621. The van der Waals surface area contributed by atoms with Crippen LogP contribution in [-0.4, -0.2) is 20.7 Å². The molecule has 1 N–H and O–H groups in total. The maximum absolute atomic E-state index is 12.2. The van der Waals surface area contributed by atoms with Gasteiger partial charge in [0.1, 0.15) is 11.5 Å². The lowest BCUT2D eigenvalue weighted by molar-refractivity contribution is 0.101. The quantitative estimate of drug-likeness (QED) is 0.945. The lowest BCUT2D eigenvalue weighted by atomic mass is 10.3. The van der Waals surface area contributed by atoms with Crippen LogP contribution in [0.4, 0.5) is 5.82 Å². The van der Waals surface area contributed by atoms with E-state index in [-0.39, 0.29) is 5.91 Å². The number of hydrogen-bond acceptors (Lipinski definition) is 3. The summed E-state index contributed by atoms with van der Waals surface area (Å²) in [4.78, 5) is 16.5. The van der Waals surface area contributed by atoms with E-state index >= 15 is 0 Å². The van der Waals surface area contributed by atoms with Gasteiger partial charge in [-0.15, -0.1) is 0 Å². The van der Waals surface area contributed by atoms with Crippen molar-refractivity contribution >= 4 is 27.7 Å². The van der Waals surface area contributed by atoms with Gasteiger partial charge in [-0.05, 0) is 54.9 Å². The highest BCUT2D eigenvalue weighted by atomic mass is 79.9. The molecule has 0 saturated carbocycles. The Balaban J connectivity index is 2.22. The second-order valence-corrected chi connectivity index (χ2v) is 5.06. The van der Waals surface area contributed by atoms with Gasteiger partial charge in [-0.3, -0.25) is 9.48 Å². The number of hydrogen-bond donors (Lipinski definition) is 1. The number of rotatable bonds is 3. The maximum atomic E-state index is 12.2. The molecule has 6 heteroatoms. The van der Waals surface area contributed by atoms with Crippen LogP contribution in [0.15, 0.2) is 22.7 Å². The number of carbonyl (C=O) groups is 1. The molecular formula is C13H15BrN4O. The Morgan fingerprint density at radius 2 is 2.16 bits per heavy atom. The zero-order valence-corrected chi connectivity index (χ0v) is 12.7. The molecule has 1 amide bonds. The summed E-state index contributed by atoms with van der Waals surface area (Å²) >= 11 is 3.38. The first-order chi connectivity index (χ1) is 9.01. The van der Waals surface area contributed by atoms with E-state index in [1.54, 1.807) is 16.8 Å². The van der Waals surface area contributed by atoms with E-state index in [2.05, 4.69) is 31.3 Å². The summed E-state index contributed by atoms with van der Waals surface area (Å²) in [7, 11) is 0. The van der Waals surface area contributed by atoms with E-state index in [1.165, 1.54) is 0 Å². The molecule has 0 radical (unpaired) electrons. The number of halogens is 1. The monoisotopic (exact) mass is 322 g/mol. The third-order valence-corrected chi connectivity index (χ3v) is 3.54. The molecule has 100 valence electrons. The Hall–Kier alpha value is -1.69. The van der Waals surface area contributed by atoms with Crippen molar-refractivity contribution in [2.24, 2.45) is 0 Å². The number of anilines is 1. The summed E-state index contributed by atoms with van der Waals surface area (Å²) in [6.45, 7) is 6.35. The average molecular weight is 323 g/mol. The van der Waals surface area contributed by atoms with E-state index in [4.69, 9.17) is 0 Å². The molecule has 0 unspecified atom stereocenters. The van der Waals surface area contributed by atoms with Crippen molar-refractivity contribution in [2.75, 3.05) is 5.32 Å². The highest BCUT2D eigenvalue weighted by molar-refractivity contribution is 9.10. The zero-order chi connectivity index (χ0) is 14.0. The summed E-state index contributed by atoms with van der Waals surface area (Å²) in [6, 6.07) is 5.39. The van der Waals surface area contributed by atoms with E-state index in [0.29, 0.717) is 18.1 Å². The topological polar surface area (TPSA) is 59.8 Å². The van der Waals surface area contributed by atoms with Crippen molar-refractivity contribution in [3.63, 3.8) is 0 Å². The minimum absolute atomic E-state index is 0.198. The Morgan fingerprint density at radius 3 is 2.79 bits per heavy atom. The van der Waals surface area contributed by atoms with Gasteiger partial charge >= 0.3 is 0 Å². The van der Waals surface area contributed by atoms with Crippen molar-refractivity contribution in [2.45, 2.75) is 27.3 Å². The molecule has 2 rings (SSSR count). The molecule has 0 aromatic carbocycles. The third-order valence-electron chi connectivity index (χ3n) is 2.70. The fourth-order valence-electron chi connectivity index (χ4n) is 1.76. The zero-order valence-electron chi connectivity index (χ0n) is 11.1. The predicted octanol–water partition coefficient (Wildman–Crippen LogP) is 2.93. The fraction of sp³-hybridized carbons (Fsp3) is 0.308. The summed E-state index contributed by atoms with van der Waals surface area (Å²) in [5.41, 5.74) is 2.20. The largest absolute Gasteiger partial charge is 0.305 e. The second kappa shape index (κ2) is 5.52. The van der Waals surface area contributed by atoms with Crippen LogP contribution in [0, 0.1) is 13.8 Å². The lowest BCUT2D eigenvalue weighted by Crippen LogP contribution is -2.18. The molecule has 2 aromatic heterocycles. The second-order valence-electron chi connectivity index (χ2n) is 4.20. The van der Waals surface area contributed by atoms with Gasteiger partial charge in [0.25, 0.3) is 5.91 Å². The highest BCUT2D eigenvalue weighted by Crippen LogP contribution is 2.17. The SMILES string of the molecule is CCn1nc(C)cc1C(=O)Nc1ccc(Br)c(C)n1. The summed E-state index contributed by atoms with van der Waals surface area (Å²) in [6.07, 6.45) is 0. The average Bonchev–Trinajstić information content (AvgIpc) is 2.75. The number of aryl methyl sites for hydroxylation is 3.